The van der Waals surface area contributed by atoms with Gasteiger partial charge in [0.05, 0.1) is 18.8 Å². The average molecular weight is 371 g/mol. The van der Waals surface area contributed by atoms with E-state index in [1.165, 1.54) is 51.4 Å². The van der Waals surface area contributed by atoms with E-state index in [0.717, 1.165) is 26.2 Å². The first-order valence-corrected chi connectivity index (χ1v) is 11.2. The Morgan fingerprint density at radius 1 is 0.923 bits per heavy atom. The Labute approximate surface area is 163 Å². The molecule has 3 nitrogen and oxygen atoms in total. The van der Waals surface area contributed by atoms with Gasteiger partial charge < -0.3 is 14.2 Å². The first kappa shape index (κ1) is 23.9. The van der Waals surface area contributed by atoms with Crippen LogP contribution in [0.25, 0.3) is 0 Å². The van der Waals surface area contributed by atoms with E-state index in [9.17, 15) is 0 Å². The molecule has 2 atom stereocenters. The van der Waals surface area contributed by atoms with Crippen LogP contribution in [0.2, 0.25) is 0 Å². The molecular weight excluding hydrogens is 324 g/mol. The zero-order valence-corrected chi connectivity index (χ0v) is 18.5. The fourth-order valence-electron chi connectivity index (χ4n) is 4.82. The van der Waals surface area contributed by atoms with Crippen molar-refractivity contribution >= 4 is 0 Å². The Hall–Kier alpha value is -0.120. The predicted molar refractivity (Wildman–Crippen MR) is 111 cm³/mol. The van der Waals surface area contributed by atoms with Crippen LogP contribution in [-0.4, -0.2) is 38.6 Å². The Bertz CT molecular complexity index is 328. The van der Waals surface area contributed by atoms with Crippen LogP contribution in [-0.2, 0) is 14.2 Å². The number of methoxy groups -OCH3 is 1. The van der Waals surface area contributed by atoms with E-state index < -0.39 is 0 Å². The quantitative estimate of drug-likeness (QED) is 0.224. The third-order valence-electron chi connectivity index (χ3n) is 6.25. The van der Waals surface area contributed by atoms with Crippen molar-refractivity contribution in [2.24, 2.45) is 17.8 Å². The lowest BCUT2D eigenvalue weighted by Gasteiger charge is -2.47. The molecule has 1 aliphatic heterocycles. The van der Waals surface area contributed by atoms with Crippen LogP contribution in [0.15, 0.2) is 0 Å². The largest absolute Gasteiger partial charge is 0.379 e. The smallest absolute Gasteiger partial charge is 0.104 e. The summed E-state index contributed by atoms with van der Waals surface area (Å²) in [4.78, 5) is 0. The first-order valence-electron chi connectivity index (χ1n) is 11.2. The zero-order valence-electron chi connectivity index (χ0n) is 18.5. The zero-order chi connectivity index (χ0) is 19.4. The lowest BCUT2D eigenvalue weighted by atomic mass is 9.67. The molecule has 0 bridgehead atoms. The van der Waals surface area contributed by atoms with Gasteiger partial charge in [0.15, 0.2) is 0 Å². The maximum absolute atomic E-state index is 6.26. The molecule has 1 saturated heterocycles. The molecule has 1 heterocycles. The van der Waals surface area contributed by atoms with E-state index >= 15 is 0 Å². The van der Waals surface area contributed by atoms with Crippen LogP contribution in [0.5, 0.6) is 0 Å². The third-order valence-corrected chi connectivity index (χ3v) is 6.25. The van der Waals surface area contributed by atoms with E-state index in [1.807, 2.05) is 7.11 Å². The molecular formula is C23H46O3. The molecule has 156 valence electrons. The number of ether oxygens (including phenoxy) is 3. The summed E-state index contributed by atoms with van der Waals surface area (Å²) >= 11 is 0. The number of hydrogen-bond donors (Lipinski definition) is 0. The molecule has 0 radical (unpaired) electrons. The molecule has 0 amide bonds. The van der Waals surface area contributed by atoms with Crippen LogP contribution in [0.3, 0.4) is 0 Å². The minimum atomic E-state index is -0.0248. The SMILES string of the molecule is CCCCCCCCC(CCCOCC1CO1)C(OC)(C(C)C)C(C)C. The molecule has 3 heteroatoms. The highest BCUT2D eigenvalue weighted by atomic mass is 16.6. The van der Waals surface area contributed by atoms with Gasteiger partial charge in [-0.15, -0.1) is 0 Å². The lowest BCUT2D eigenvalue weighted by molar-refractivity contribution is -0.132. The van der Waals surface area contributed by atoms with Gasteiger partial charge in [-0.1, -0.05) is 73.1 Å². The summed E-state index contributed by atoms with van der Waals surface area (Å²) in [5.74, 6) is 1.66. The van der Waals surface area contributed by atoms with Crippen molar-refractivity contribution in [2.45, 2.75) is 104 Å². The summed E-state index contributed by atoms with van der Waals surface area (Å²) in [6.45, 7) is 14.1. The second-order valence-electron chi connectivity index (χ2n) is 8.79. The molecule has 0 N–H and O–H groups in total. The van der Waals surface area contributed by atoms with Crippen molar-refractivity contribution < 1.29 is 14.2 Å². The molecule has 0 aliphatic carbocycles. The second kappa shape index (κ2) is 13.1. The fourth-order valence-corrected chi connectivity index (χ4v) is 4.82. The normalized spacial score (nSPS) is 18.7. The monoisotopic (exact) mass is 370 g/mol. The van der Waals surface area contributed by atoms with Crippen molar-refractivity contribution in [2.75, 3.05) is 26.9 Å². The van der Waals surface area contributed by atoms with Gasteiger partial charge in [0, 0.05) is 13.7 Å². The lowest BCUT2D eigenvalue weighted by Crippen LogP contribution is -2.49. The number of unbranched alkanes of at least 4 members (excludes halogenated alkanes) is 5. The summed E-state index contributed by atoms with van der Waals surface area (Å²) in [5, 5.41) is 0. The summed E-state index contributed by atoms with van der Waals surface area (Å²) in [6.07, 6.45) is 12.1. The summed E-state index contributed by atoms with van der Waals surface area (Å²) in [7, 11) is 1.93. The van der Waals surface area contributed by atoms with Crippen LogP contribution in [0, 0.1) is 17.8 Å². The van der Waals surface area contributed by atoms with Gasteiger partial charge in [0.2, 0.25) is 0 Å². The Kier molecular flexibility index (Phi) is 12.1. The molecule has 0 saturated carbocycles. The van der Waals surface area contributed by atoms with E-state index in [2.05, 4.69) is 34.6 Å². The Balaban J connectivity index is 2.53. The first-order chi connectivity index (χ1) is 12.5. The van der Waals surface area contributed by atoms with Crippen LogP contribution < -0.4 is 0 Å². The maximum atomic E-state index is 6.26. The maximum Gasteiger partial charge on any atom is 0.104 e. The molecule has 0 spiro atoms. The minimum Gasteiger partial charge on any atom is -0.379 e. The Morgan fingerprint density at radius 2 is 1.50 bits per heavy atom. The van der Waals surface area contributed by atoms with Gasteiger partial charge in [0.1, 0.15) is 6.10 Å². The standard InChI is InChI=1S/C23H46O3/c1-7-8-9-10-11-12-14-21(15-13-16-25-17-22-18-26-22)23(24-6,19(2)3)20(4)5/h19-22H,7-18H2,1-6H3. The predicted octanol–water partition coefficient (Wildman–Crippen LogP) is 6.25. The average Bonchev–Trinajstić information content (AvgIpc) is 3.41. The Morgan fingerprint density at radius 3 is 2.04 bits per heavy atom. The van der Waals surface area contributed by atoms with Crippen molar-refractivity contribution in [3.05, 3.63) is 0 Å². The fraction of sp³-hybridized carbons (Fsp3) is 1.00. The molecule has 0 aromatic rings. The van der Waals surface area contributed by atoms with Crippen LogP contribution in [0.1, 0.15) is 92.4 Å². The van der Waals surface area contributed by atoms with Gasteiger partial charge in [0.25, 0.3) is 0 Å². The van der Waals surface area contributed by atoms with E-state index in [4.69, 9.17) is 14.2 Å². The number of epoxide rings is 1. The topological polar surface area (TPSA) is 31.0 Å². The number of hydrogen-bond acceptors (Lipinski definition) is 3. The van der Waals surface area contributed by atoms with Crippen LogP contribution in [0.4, 0.5) is 0 Å². The summed E-state index contributed by atoms with van der Waals surface area (Å²) < 4.78 is 17.3. The van der Waals surface area contributed by atoms with Crippen molar-refractivity contribution in [3.8, 4) is 0 Å². The molecule has 0 aromatic heterocycles. The van der Waals surface area contributed by atoms with Crippen LogP contribution >= 0.6 is 0 Å². The van der Waals surface area contributed by atoms with Crippen molar-refractivity contribution in [1.82, 2.24) is 0 Å². The molecule has 1 rings (SSSR count). The van der Waals surface area contributed by atoms with E-state index in [-0.39, 0.29) is 5.60 Å². The van der Waals surface area contributed by atoms with Gasteiger partial charge >= 0.3 is 0 Å². The highest BCUT2D eigenvalue weighted by molar-refractivity contribution is 4.93. The minimum absolute atomic E-state index is 0.0248. The molecule has 2 unspecified atom stereocenters. The molecule has 1 fully saturated rings. The molecule has 0 aromatic carbocycles. The molecule has 1 aliphatic rings. The summed E-state index contributed by atoms with van der Waals surface area (Å²) in [6, 6.07) is 0. The highest BCUT2D eigenvalue weighted by Crippen LogP contribution is 2.42. The third kappa shape index (κ3) is 7.86. The van der Waals surface area contributed by atoms with Crippen molar-refractivity contribution in [3.63, 3.8) is 0 Å². The van der Waals surface area contributed by atoms with Gasteiger partial charge in [-0.3, -0.25) is 0 Å². The molecule has 26 heavy (non-hydrogen) atoms. The van der Waals surface area contributed by atoms with Crippen molar-refractivity contribution in [1.29, 1.82) is 0 Å². The van der Waals surface area contributed by atoms with Gasteiger partial charge in [-0.2, -0.15) is 0 Å². The van der Waals surface area contributed by atoms with Gasteiger partial charge in [-0.05, 0) is 37.0 Å². The summed E-state index contributed by atoms with van der Waals surface area (Å²) in [5.41, 5.74) is -0.0248. The highest BCUT2D eigenvalue weighted by Gasteiger charge is 2.43. The van der Waals surface area contributed by atoms with Gasteiger partial charge in [-0.25, -0.2) is 0 Å². The number of rotatable bonds is 17. The van der Waals surface area contributed by atoms with E-state index in [1.54, 1.807) is 0 Å². The van der Waals surface area contributed by atoms with E-state index in [0.29, 0.717) is 23.9 Å². The second-order valence-corrected chi connectivity index (χ2v) is 8.79.